The first kappa shape index (κ1) is 14.1. The Labute approximate surface area is 115 Å². The number of hydrogen-bond donors (Lipinski definition) is 1. The minimum atomic E-state index is -0.520. The normalized spacial score (nSPS) is 12.6. The summed E-state index contributed by atoms with van der Waals surface area (Å²) in [5.41, 5.74) is 0.0785. The Hall–Kier alpha value is -1.33. The van der Waals surface area contributed by atoms with E-state index in [1.54, 1.807) is 18.3 Å². The number of benzene rings is 1. The standard InChI is InChI=1S/C14H16F2N2S/c1-3-10-7-18-13(19-10)8-17-9(2)14-11(15)5-4-6-12(14)16/h4-7,9,17H,3,8H2,1-2H3. The van der Waals surface area contributed by atoms with E-state index in [9.17, 15) is 8.78 Å². The van der Waals surface area contributed by atoms with Crippen LogP contribution in [-0.4, -0.2) is 4.98 Å². The van der Waals surface area contributed by atoms with Gasteiger partial charge in [-0.2, -0.15) is 0 Å². The molecule has 2 rings (SSSR count). The zero-order valence-corrected chi connectivity index (χ0v) is 11.7. The van der Waals surface area contributed by atoms with Crippen LogP contribution in [0, 0.1) is 11.6 Å². The van der Waals surface area contributed by atoms with E-state index in [1.165, 1.54) is 23.1 Å². The molecular weight excluding hydrogens is 266 g/mol. The molecule has 0 amide bonds. The largest absolute Gasteiger partial charge is 0.304 e. The molecule has 0 fully saturated rings. The molecule has 0 saturated heterocycles. The Morgan fingerprint density at radius 2 is 2.00 bits per heavy atom. The second-order valence-corrected chi connectivity index (χ2v) is 5.51. The Morgan fingerprint density at radius 3 is 2.58 bits per heavy atom. The molecule has 0 bridgehead atoms. The summed E-state index contributed by atoms with van der Waals surface area (Å²) in [5.74, 6) is -1.04. The highest BCUT2D eigenvalue weighted by atomic mass is 32.1. The van der Waals surface area contributed by atoms with E-state index in [0.717, 1.165) is 11.4 Å². The van der Waals surface area contributed by atoms with Crippen molar-refractivity contribution in [3.8, 4) is 0 Å². The number of nitrogens with one attached hydrogen (secondary N) is 1. The molecular formula is C14H16F2N2S. The average Bonchev–Trinajstić information content (AvgIpc) is 2.84. The Kier molecular flexibility index (Phi) is 4.61. The quantitative estimate of drug-likeness (QED) is 0.901. The smallest absolute Gasteiger partial charge is 0.130 e. The first-order valence-electron chi connectivity index (χ1n) is 6.22. The number of aryl methyl sites for hydroxylation is 1. The molecule has 0 aliphatic carbocycles. The fourth-order valence-corrected chi connectivity index (χ4v) is 2.67. The van der Waals surface area contributed by atoms with Crippen LogP contribution in [0.5, 0.6) is 0 Å². The highest BCUT2D eigenvalue weighted by Gasteiger charge is 2.15. The lowest BCUT2D eigenvalue weighted by atomic mass is 10.1. The van der Waals surface area contributed by atoms with Crippen LogP contribution >= 0.6 is 11.3 Å². The van der Waals surface area contributed by atoms with Crippen LogP contribution in [0.25, 0.3) is 0 Å². The third-order valence-electron chi connectivity index (χ3n) is 2.94. The summed E-state index contributed by atoms with van der Waals surface area (Å²) >= 11 is 1.62. The number of hydrogen-bond acceptors (Lipinski definition) is 3. The fraction of sp³-hybridized carbons (Fsp3) is 0.357. The van der Waals surface area contributed by atoms with Gasteiger partial charge in [0.1, 0.15) is 16.6 Å². The van der Waals surface area contributed by atoms with Gasteiger partial charge in [-0.3, -0.25) is 0 Å². The van der Waals surface area contributed by atoms with Crippen LogP contribution in [0.15, 0.2) is 24.4 Å². The summed E-state index contributed by atoms with van der Waals surface area (Å²) in [7, 11) is 0. The SMILES string of the molecule is CCc1cnc(CNC(C)c2c(F)cccc2F)s1. The van der Waals surface area contributed by atoms with Crippen LogP contribution in [0.3, 0.4) is 0 Å². The monoisotopic (exact) mass is 282 g/mol. The van der Waals surface area contributed by atoms with Gasteiger partial charge in [-0.1, -0.05) is 13.0 Å². The summed E-state index contributed by atoms with van der Waals surface area (Å²) in [6.45, 7) is 4.33. The Bertz CT molecular complexity index is 534. The topological polar surface area (TPSA) is 24.9 Å². The average molecular weight is 282 g/mol. The minimum absolute atomic E-state index is 0.0785. The first-order valence-corrected chi connectivity index (χ1v) is 7.04. The molecule has 0 spiro atoms. The third-order valence-corrected chi connectivity index (χ3v) is 4.08. The molecule has 1 unspecified atom stereocenters. The van der Waals surface area contributed by atoms with Crippen molar-refractivity contribution in [3.05, 3.63) is 51.5 Å². The van der Waals surface area contributed by atoms with Gasteiger partial charge in [0.2, 0.25) is 0 Å². The maximum atomic E-state index is 13.6. The maximum Gasteiger partial charge on any atom is 0.130 e. The highest BCUT2D eigenvalue weighted by Crippen LogP contribution is 2.21. The van der Waals surface area contributed by atoms with Crippen molar-refractivity contribution in [2.24, 2.45) is 0 Å². The van der Waals surface area contributed by atoms with Gasteiger partial charge in [0, 0.05) is 29.2 Å². The van der Waals surface area contributed by atoms with E-state index in [-0.39, 0.29) is 5.56 Å². The number of thiazole rings is 1. The second-order valence-electron chi connectivity index (χ2n) is 4.31. The molecule has 0 aliphatic heterocycles. The zero-order valence-electron chi connectivity index (χ0n) is 10.9. The van der Waals surface area contributed by atoms with Gasteiger partial charge in [-0.25, -0.2) is 13.8 Å². The number of rotatable bonds is 5. The van der Waals surface area contributed by atoms with Crippen LogP contribution < -0.4 is 5.32 Å². The zero-order chi connectivity index (χ0) is 13.8. The fourth-order valence-electron chi connectivity index (χ4n) is 1.86. The molecule has 1 aromatic heterocycles. The maximum absolute atomic E-state index is 13.6. The molecule has 2 aromatic rings. The number of aromatic nitrogens is 1. The summed E-state index contributed by atoms with van der Waals surface area (Å²) in [6, 6.07) is 3.52. The van der Waals surface area contributed by atoms with Gasteiger partial charge in [-0.05, 0) is 25.5 Å². The van der Waals surface area contributed by atoms with Gasteiger partial charge in [0.05, 0.1) is 0 Å². The van der Waals surface area contributed by atoms with E-state index in [0.29, 0.717) is 6.54 Å². The summed E-state index contributed by atoms with van der Waals surface area (Å²) in [6.07, 6.45) is 2.80. The molecule has 102 valence electrons. The van der Waals surface area contributed by atoms with Gasteiger partial charge in [-0.15, -0.1) is 11.3 Å². The lowest BCUT2D eigenvalue weighted by Gasteiger charge is -2.14. The summed E-state index contributed by atoms with van der Waals surface area (Å²) in [4.78, 5) is 5.48. The lowest BCUT2D eigenvalue weighted by Crippen LogP contribution is -2.20. The van der Waals surface area contributed by atoms with Crippen LogP contribution in [-0.2, 0) is 13.0 Å². The predicted molar refractivity (Wildman–Crippen MR) is 73.1 cm³/mol. The van der Waals surface area contributed by atoms with Gasteiger partial charge in [0.15, 0.2) is 0 Å². The molecule has 1 aromatic carbocycles. The van der Waals surface area contributed by atoms with Crippen molar-refractivity contribution in [1.82, 2.24) is 10.3 Å². The van der Waals surface area contributed by atoms with Crippen molar-refractivity contribution in [2.45, 2.75) is 32.9 Å². The second kappa shape index (κ2) is 6.21. The molecule has 2 nitrogen and oxygen atoms in total. The number of halogens is 2. The lowest BCUT2D eigenvalue weighted by molar-refractivity contribution is 0.487. The van der Waals surface area contributed by atoms with Gasteiger partial charge >= 0.3 is 0 Å². The van der Waals surface area contributed by atoms with Crippen molar-refractivity contribution in [1.29, 1.82) is 0 Å². The molecule has 0 aliphatic rings. The van der Waals surface area contributed by atoms with Gasteiger partial charge < -0.3 is 5.32 Å². The third kappa shape index (κ3) is 3.36. The minimum Gasteiger partial charge on any atom is -0.304 e. The Balaban J connectivity index is 2.03. The van der Waals surface area contributed by atoms with Crippen LogP contribution in [0.1, 0.15) is 35.3 Å². The van der Waals surface area contributed by atoms with Crippen molar-refractivity contribution >= 4 is 11.3 Å². The Morgan fingerprint density at radius 1 is 1.32 bits per heavy atom. The molecule has 0 saturated carbocycles. The summed E-state index contributed by atoms with van der Waals surface area (Å²) in [5, 5.41) is 4.03. The van der Waals surface area contributed by atoms with E-state index in [2.05, 4.69) is 17.2 Å². The molecule has 0 radical (unpaired) electrons. The highest BCUT2D eigenvalue weighted by molar-refractivity contribution is 7.11. The van der Waals surface area contributed by atoms with Crippen molar-refractivity contribution in [2.75, 3.05) is 0 Å². The van der Waals surface area contributed by atoms with E-state index in [1.807, 2.05) is 6.20 Å². The molecule has 1 atom stereocenters. The molecule has 19 heavy (non-hydrogen) atoms. The van der Waals surface area contributed by atoms with Crippen LogP contribution in [0.2, 0.25) is 0 Å². The molecule has 5 heteroatoms. The van der Waals surface area contributed by atoms with E-state index < -0.39 is 17.7 Å². The summed E-state index contributed by atoms with van der Waals surface area (Å²) < 4.78 is 27.2. The van der Waals surface area contributed by atoms with E-state index >= 15 is 0 Å². The van der Waals surface area contributed by atoms with Crippen LogP contribution in [0.4, 0.5) is 8.78 Å². The molecule has 1 N–H and O–H groups in total. The molecule has 1 heterocycles. The van der Waals surface area contributed by atoms with E-state index in [4.69, 9.17) is 0 Å². The van der Waals surface area contributed by atoms with Crippen molar-refractivity contribution < 1.29 is 8.78 Å². The van der Waals surface area contributed by atoms with Crippen molar-refractivity contribution in [3.63, 3.8) is 0 Å². The number of nitrogens with zero attached hydrogens (tertiary/aromatic N) is 1. The first-order chi connectivity index (χ1) is 9.11. The predicted octanol–water partition coefficient (Wildman–Crippen LogP) is 3.83. The van der Waals surface area contributed by atoms with Gasteiger partial charge in [0.25, 0.3) is 0 Å².